The van der Waals surface area contributed by atoms with Crippen molar-refractivity contribution >= 4 is 35.8 Å². The first-order valence-electron chi connectivity index (χ1n) is 5.91. The van der Waals surface area contributed by atoms with Crippen LogP contribution in [0.1, 0.15) is 16.9 Å². The van der Waals surface area contributed by atoms with Gasteiger partial charge >= 0.3 is 0 Å². The zero-order valence-corrected chi connectivity index (χ0v) is 11.7. The number of carbonyl (C=O) groups excluding carboxylic acids is 2. The fourth-order valence-electron chi connectivity index (χ4n) is 1.94. The van der Waals surface area contributed by atoms with E-state index in [2.05, 4.69) is 29.4 Å². The third-order valence-electron chi connectivity index (χ3n) is 2.94. The van der Waals surface area contributed by atoms with Crippen molar-refractivity contribution in [1.82, 2.24) is 10.2 Å². The fourth-order valence-corrected chi connectivity index (χ4v) is 3.03. The number of thiol groups is 1. The van der Waals surface area contributed by atoms with Crippen molar-refractivity contribution in [1.29, 1.82) is 0 Å². The van der Waals surface area contributed by atoms with Gasteiger partial charge in [0.2, 0.25) is 11.8 Å². The van der Waals surface area contributed by atoms with Crippen LogP contribution in [0, 0.1) is 0 Å². The average molecular weight is 284 g/mol. The highest BCUT2D eigenvalue weighted by atomic mass is 32.1. The van der Waals surface area contributed by atoms with E-state index in [1.807, 2.05) is 0 Å². The van der Waals surface area contributed by atoms with Gasteiger partial charge in [-0.1, -0.05) is 0 Å². The molecule has 0 bridgehead atoms. The van der Waals surface area contributed by atoms with E-state index in [9.17, 15) is 9.59 Å². The summed E-state index contributed by atoms with van der Waals surface area (Å²) in [6.07, 6.45) is 1.27. The summed E-state index contributed by atoms with van der Waals surface area (Å²) in [7, 11) is 0. The van der Waals surface area contributed by atoms with Crippen molar-refractivity contribution in [2.75, 3.05) is 18.8 Å². The van der Waals surface area contributed by atoms with Crippen LogP contribution in [-0.2, 0) is 22.6 Å². The Bertz CT molecular complexity index is 445. The Labute approximate surface area is 116 Å². The number of hydrogen-bond acceptors (Lipinski definition) is 4. The molecule has 1 N–H and O–H groups in total. The normalized spacial score (nSPS) is 14.2. The van der Waals surface area contributed by atoms with E-state index in [0.717, 1.165) is 13.0 Å². The quantitative estimate of drug-likeness (QED) is 0.813. The summed E-state index contributed by atoms with van der Waals surface area (Å²) >= 11 is 5.72. The Kier molecular flexibility index (Phi) is 4.66. The molecular formula is C12H16N2O2S2. The zero-order valence-electron chi connectivity index (χ0n) is 10.0. The highest BCUT2D eigenvalue weighted by molar-refractivity contribution is 7.80. The van der Waals surface area contributed by atoms with Crippen molar-refractivity contribution in [3.05, 3.63) is 21.9 Å². The number of nitrogens with zero attached hydrogens (tertiary/aromatic N) is 1. The molecule has 0 saturated heterocycles. The minimum absolute atomic E-state index is 0.0145. The van der Waals surface area contributed by atoms with Crippen LogP contribution in [0.15, 0.2) is 11.4 Å². The van der Waals surface area contributed by atoms with Crippen LogP contribution in [0.4, 0.5) is 0 Å². The van der Waals surface area contributed by atoms with Gasteiger partial charge in [0.15, 0.2) is 0 Å². The summed E-state index contributed by atoms with van der Waals surface area (Å²) in [6.45, 7) is 1.50. The summed E-state index contributed by atoms with van der Waals surface area (Å²) in [5.41, 5.74) is 1.24. The molecule has 98 valence electrons. The number of fused-ring (bicyclic) bond motifs is 1. The maximum absolute atomic E-state index is 11.9. The minimum atomic E-state index is -0.119. The molecule has 2 rings (SSSR count). The second-order valence-electron chi connectivity index (χ2n) is 4.18. The standard InChI is InChI=1S/C12H16N2O2S2/c15-11(2-5-17)13-7-12(16)14-4-1-10-9(8-14)3-6-18-10/h3,6,17H,1-2,4-5,7-8H2,(H,13,15). The number of amides is 2. The predicted molar refractivity (Wildman–Crippen MR) is 74.9 cm³/mol. The molecule has 6 heteroatoms. The maximum Gasteiger partial charge on any atom is 0.242 e. The number of carbonyl (C=O) groups is 2. The van der Waals surface area contributed by atoms with Crippen LogP contribution in [0.5, 0.6) is 0 Å². The van der Waals surface area contributed by atoms with Gasteiger partial charge in [0.05, 0.1) is 6.54 Å². The molecular weight excluding hydrogens is 268 g/mol. The lowest BCUT2D eigenvalue weighted by atomic mass is 10.1. The second-order valence-corrected chi connectivity index (χ2v) is 5.63. The van der Waals surface area contributed by atoms with Gasteiger partial charge in [-0.05, 0) is 29.2 Å². The van der Waals surface area contributed by atoms with E-state index in [1.54, 1.807) is 16.2 Å². The van der Waals surface area contributed by atoms with Crippen LogP contribution in [0.3, 0.4) is 0 Å². The molecule has 1 aliphatic heterocycles. The van der Waals surface area contributed by atoms with E-state index in [-0.39, 0.29) is 18.4 Å². The number of nitrogens with one attached hydrogen (secondary N) is 1. The smallest absolute Gasteiger partial charge is 0.242 e. The van der Waals surface area contributed by atoms with E-state index >= 15 is 0 Å². The minimum Gasteiger partial charge on any atom is -0.347 e. The SMILES string of the molecule is O=C(CCS)NCC(=O)N1CCc2sccc2C1. The van der Waals surface area contributed by atoms with Crippen LogP contribution in [0.2, 0.25) is 0 Å². The van der Waals surface area contributed by atoms with Crippen molar-refractivity contribution in [2.24, 2.45) is 0 Å². The molecule has 0 spiro atoms. The average Bonchev–Trinajstić information content (AvgIpc) is 2.83. The van der Waals surface area contributed by atoms with Crippen LogP contribution in [0.25, 0.3) is 0 Å². The van der Waals surface area contributed by atoms with E-state index in [4.69, 9.17) is 0 Å². The highest BCUT2D eigenvalue weighted by Gasteiger charge is 2.21. The molecule has 0 aliphatic carbocycles. The van der Waals surface area contributed by atoms with Crippen LogP contribution < -0.4 is 5.32 Å². The van der Waals surface area contributed by atoms with Gasteiger partial charge in [0.25, 0.3) is 0 Å². The highest BCUT2D eigenvalue weighted by Crippen LogP contribution is 2.23. The Hall–Kier alpha value is -1.01. The molecule has 0 radical (unpaired) electrons. The lowest BCUT2D eigenvalue weighted by Crippen LogP contribution is -2.42. The van der Waals surface area contributed by atoms with Gasteiger partial charge < -0.3 is 10.2 Å². The number of thiophene rings is 1. The first-order valence-corrected chi connectivity index (χ1v) is 7.42. The Morgan fingerprint density at radius 3 is 3.11 bits per heavy atom. The van der Waals surface area contributed by atoms with Gasteiger partial charge in [-0.3, -0.25) is 9.59 Å². The molecule has 0 atom stereocenters. The molecule has 2 heterocycles. The van der Waals surface area contributed by atoms with Crippen molar-refractivity contribution in [2.45, 2.75) is 19.4 Å². The molecule has 0 fully saturated rings. The molecule has 1 aromatic heterocycles. The summed E-state index contributed by atoms with van der Waals surface area (Å²) in [6, 6.07) is 2.07. The van der Waals surface area contributed by atoms with Gasteiger partial charge in [0, 0.05) is 24.4 Å². The Morgan fingerprint density at radius 1 is 1.50 bits per heavy atom. The molecule has 0 unspecified atom stereocenters. The molecule has 1 aliphatic rings. The zero-order chi connectivity index (χ0) is 13.0. The molecule has 2 amide bonds. The third-order valence-corrected chi connectivity index (χ3v) is 4.18. The van der Waals surface area contributed by atoms with E-state index < -0.39 is 0 Å². The molecule has 18 heavy (non-hydrogen) atoms. The van der Waals surface area contributed by atoms with Gasteiger partial charge in [-0.25, -0.2) is 0 Å². The van der Waals surface area contributed by atoms with E-state index in [1.165, 1.54) is 10.4 Å². The van der Waals surface area contributed by atoms with E-state index in [0.29, 0.717) is 18.7 Å². The Morgan fingerprint density at radius 2 is 2.33 bits per heavy atom. The number of hydrogen-bond donors (Lipinski definition) is 2. The summed E-state index contributed by atoms with van der Waals surface area (Å²) in [5.74, 6) is 0.369. The first kappa shape index (κ1) is 13.4. The lowest BCUT2D eigenvalue weighted by Gasteiger charge is -2.27. The monoisotopic (exact) mass is 284 g/mol. The molecule has 1 aromatic rings. The van der Waals surface area contributed by atoms with Gasteiger partial charge in [-0.2, -0.15) is 12.6 Å². The second kappa shape index (κ2) is 6.24. The van der Waals surface area contributed by atoms with Crippen molar-refractivity contribution in [3.63, 3.8) is 0 Å². The topological polar surface area (TPSA) is 49.4 Å². The van der Waals surface area contributed by atoms with Crippen LogP contribution in [-0.4, -0.2) is 35.6 Å². The number of rotatable bonds is 4. The van der Waals surface area contributed by atoms with Gasteiger partial charge in [0.1, 0.15) is 0 Å². The summed E-state index contributed by atoms with van der Waals surface area (Å²) < 4.78 is 0. The first-order chi connectivity index (χ1) is 8.70. The van der Waals surface area contributed by atoms with Crippen molar-refractivity contribution < 1.29 is 9.59 Å². The third kappa shape index (κ3) is 3.26. The fraction of sp³-hybridized carbons (Fsp3) is 0.500. The summed E-state index contributed by atoms with van der Waals surface area (Å²) in [4.78, 5) is 26.4. The summed E-state index contributed by atoms with van der Waals surface area (Å²) in [5, 5.41) is 4.68. The molecule has 0 aromatic carbocycles. The molecule has 4 nitrogen and oxygen atoms in total. The van der Waals surface area contributed by atoms with Crippen molar-refractivity contribution in [3.8, 4) is 0 Å². The largest absolute Gasteiger partial charge is 0.347 e. The Balaban J connectivity index is 1.82. The maximum atomic E-state index is 11.9. The molecule has 0 saturated carbocycles. The van der Waals surface area contributed by atoms with Crippen LogP contribution >= 0.6 is 24.0 Å². The lowest BCUT2D eigenvalue weighted by molar-refractivity contribution is -0.133. The van der Waals surface area contributed by atoms with Gasteiger partial charge in [-0.15, -0.1) is 11.3 Å². The predicted octanol–water partition coefficient (Wildman–Crippen LogP) is 1.07.